The number of carbonyl (C=O) groups excluding carboxylic acids is 1. The van der Waals surface area contributed by atoms with Crippen LogP contribution in [-0.2, 0) is 13.1 Å². The third kappa shape index (κ3) is 4.22. The molecule has 0 aliphatic rings. The van der Waals surface area contributed by atoms with Gasteiger partial charge in [-0.25, -0.2) is 9.97 Å². The van der Waals surface area contributed by atoms with Gasteiger partial charge in [-0.1, -0.05) is 42.5 Å². The Labute approximate surface area is 190 Å². The summed E-state index contributed by atoms with van der Waals surface area (Å²) in [6, 6.07) is 22.8. The van der Waals surface area contributed by atoms with E-state index in [2.05, 4.69) is 73.5 Å². The monoisotopic (exact) mass is 436 g/mol. The van der Waals surface area contributed by atoms with Gasteiger partial charge in [0.15, 0.2) is 5.82 Å². The van der Waals surface area contributed by atoms with Crippen molar-refractivity contribution in [3.63, 3.8) is 0 Å². The Bertz CT molecular complexity index is 1400. The first-order valence-corrected chi connectivity index (χ1v) is 10.8. The molecule has 0 unspecified atom stereocenters. The number of imidazole rings is 1. The van der Waals surface area contributed by atoms with Crippen molar-refractivity contribution in [2.45, 2.75) is 13.1 Å². The van der Waals surface area contributed by atoms with Gasteiger partial charge in [0, 0.05) is 35.8 Å². The molecule has 7 nitrogen and oxygen atoms in total. The van der Waals surface area contributed by atoms with E-state index in [-0.39, 0.29) is 18.3 Å². The SMILES string of the molecule is [NH3+]Cc1ccc(-c2[nH+]c3ccnc(CNC(=O)c4ncc[nH]4)c3cc2-c2ccccc2)cc1. The fourth-order valence-corrected chi connectivity index (χ4v) is 3.89. The number of fused-ring (bicyclic) bond motifs is 1. The minimum atomic E-state index is -0.270. The van der Waals surface area contributed by atoms with E-state index in [1.807, 2.05) is 24.3 Å². The molecule has 0 aliphatic carbocycles. The van der Waals surface area contributed by atoms with Crippen molar-refractivity contribution in [1.82, 2.24) is 20.3 Å². The summed E-state index contributed by atoms with van der Waals surface area (Å²) in [5.74, 6) is 0.00738. The van der Waals surface area contributed by atoms with Gasteiger partial charge in [0.25, 0.3) is 5.91 Å². The normalized spacial score (nSPS) is 10.9. The molecule has 0 atom stereocenters. The number of aromatic nitrogens is 4. The average molecular weight is 437 g/mol. The van der Waals surface area contributed by atoms with E-state index < -0.39 is 0 Å². The van der Waals surface area contributed by atoms with Crippen LogP contribution in [0.5, 0.6) is 0 Å². The van der Waals surface area contributed by atoms with E-state index in [1.165, 1.54) is 5.56 Å². The molecular formula is C26H24N6O+2. The summed E-state index contributed by atoms with van der Waals surface area (Å²) in [5, 5.41) is 3.85. The lowest BCUT2D eigenvalue weighted by atomic mass is 9.96. The zero-order valence-electron chi connectivity index (χ0n) is 18.0. The molecule has 1 amide bonds. The number of quaternary nitrogens is 1. The molecule has 6 N–H and O–H groups in total. The fraction of sp³-hybridized carbons (Fsp3) is 0.0769. The zero-order chi connectivity index (χ0) is 22.6. The minimum absolute atomic E-state index is 0.270. The maximum Gasteiger partial charge on any atom is 0.287 e. The van der Waals surface area contributed by atoms with Crippen molar-refractivity contribution in [2.75, 3.05) is 0 Å². The summed E-state index contributed by atoms with van der Waals surface area (Å²) >= 11 is 0. The summed E-state index contributed by atoms with van der Waals surface area (Å²) in [4.78, 5) is 27.3. The van der Waals surface area contributed by atoms with Gasteiger partial charge in [-0.3, -0.25) is 9.78 Å². The molecule has 0 spiro atoms. The minimum Gasteiger partial charge on any atom is -0.354 e. The van der Waals surface area contributed by atoms with Crippen LogP contribution < -0.4 is 16.0 Å². The smallest absolute Gasteiger partial charge is 0.287 e. The number of pyridine rings is 2. The fourth-order valence-electron chi connectivity index (χ4n) is 3.89. The molecule has 0 saturated carbocycles. The van der Waals surface area contributed by atoms with Gasteiger partial charge >= 0.3 is 0 Å². The molecule has 5 aromatic rings. The maximum atomic E-state index is 12.4. The summed E-state index contributed by atoms with van der Waals surface area (Å²) < 4.78 is 0. The second-order valence-electron chi connectivity index (χ2n) is 7.71. The third-order valence-corrected chi connectivity index (χ3v) is 5.64. The number of nitrogens with one attached hydrogen (secondary N) is 3. The highest BCUT2D eigenvalue weighted by atomic mass is 16.2. The molecular weight excluding hydrogens is 412 g/mol. The van der Waals surface area contributed by atoms with Crippen LogP contribution in [0.3, 0.4) is 0 Å². The third-order valence-electron chi connectivity index (χ3n) is 5.64. The quantitative estimate of drug-likeness (QED) is 0.380. The van der Waals surface area contributed by atoms with Gasteiger partial charge in [0.05, 0.1) is 29.7 Å². The Morgan fingerprint density at radius 3 is 2.52 bits per heavy atom. The first-order chi connectivity index (χ1) is 16.2. The first kappa shape index (κ1) is 20.5. The Balaban J connectivity index is 1.60. The number of carbonyl (C=O) groups is 1. The van der Waals surface area contributed by atoms with Crippen LogP contribution in [0.4, 0.5) is 0 Å². The topological polar surface area (TPSA) is 112 Å². The molecule has 2 aromatic carbocycles. The number of amides is 1. The van der Waals surface area contributed by atoms with E-state index in [0.29, 0.717) is 0 Å². The van der Waals surface area contributed by atoms with Gasteiger partial charge in [0.1, 0.15) is 0 Å². The lowest BCUT2D eigenvalue weighted by Gasteiger charge is -2.10. The highest BCUT2D eigenvalue weighted by Crippen LogP contribution is 2.32. The zero-order valence-corrected chi connectivity index (χ0v) is 18.0. The number of hydrogen-bond acceptors (Lipinski definition) is 3. The van der Waals surface area contributed by atoms with E-state index in [4.69, 9.17) is 0 Å². The molecule has 7 heteroatoms. The van der Waals surface area contributed by atoms with Crippen molar-refractivity contribution in [2.24, 2.45) is 0 Å². The molecule has 5 rings (SSSR count). The lowest BCUT2D eigenvalue weighted by molar-refractivity contribution is -0.386. The number of benzene rings is 2. The molecule has 0 bridgehead atoms. The van der Waals surface area contributed by atoms with Crippen molar-refractivity contribution in [3.05, 3.63) is 102 Å². The van der Waals surface area contributed by atoms with Crippen LogP contribution in [0.15, 0.2) is 85.3 Å². The molecule has 162 valence electrons. The van der Waals surface area contributed by atoms with E-state index in [9.17, 15) is 4.79 Å². The van der Waals surface area contributed by atoms with Crippen molar-refractivity contribution >= 4 is 16.8 Å². The molecule has 33 heavy (non-hydrogen) atoms. The molecule has 3 heterocycles. The Morgan fingerprint density at radius 2 is 1.79 bits per heavy atom. The summed E-state index contributed by atoms with van der Waals surface area (Å²) in [6.07, 6.45) is 4.93. The average Bonchev–Trinajstić information content (AvgIpc) is 3.42. The van der Waals surface area contributed by atoms with Gasteiger partial charge in [-0.2, -0.15) is 0 Å². The van der Waals surface area contributed by atoms with Crippen LogP contribution >= 0.6 is 0 Å². The summed E-state index contributed by atoms with van der Waals surface area (Å²) in [5.41, 5.74) is 11.2. The van der Waals surface area contributed by atoms with Crippen molar-refractivity contribution < 1.29 is 15.5 Å². The van der Waals surface area contributed by atoms with E-state index >= 15 is 0 Å². The Hall–Kier alpha value is -4.36. The van der Waals surface area contributed by atoms with Gasteiger partial charge < -0.3 is 16.0 Å². The molecule has 0 radical (unpaired) electrons. The van der Waals surface area contributed by atoms with Crippen molar-refractivity contribution in [1.29, 1.82) is 0 Å². The number of aromatic amines is 2. The van der Waals surface area contributed by atoms with Crippen LogP contribution in [0, 0.1) is 0 Å². The second-order valence-corrected chi connectivity index (χ2v) is 7.71. The summed E-state index contributed by atoms with van der Waals surface area (Å²) in [6.45, 7) is 1.04. The number of nitrogens with zero attached hydrogens (tertiary/aromatic N) is 2. The second kappa shape index (κ2) is 9.02. The van der Waals surface area contributed by atoms with Gasteiger partial charge in [-0.15, -0.1) is 0 Å². The van der Waals surface area contributed by atoms with Crippen LogP contribution in [0.2, 0.25) is 0 Å². The molecule has 0 fully saturated rings. The first-order valence-electron chi connectivity index (χ1n) is 10.8. The Morgan fingerprint density at radius 1 is 0.970 bits per heavy atom. The van der Waals surface area contributed by atoms with Crippen LogP contribution in [-0.4, -0.2) is 20.9 Å². The van der Waals surface area contributed by atoms with E-state index in [1.54, 1.807) is 18.6 Å². The Kier molecular flexibility index (Phi) is 5.61. The standard InChI is InChI=1S/C26H22N6O/c27-15-17-6-8-19(9-7-17)24-20(18-4-2-1-3-5-18)14-21-22(32-24)10-11-28-23(21)16-31-26(33)25-29-12-13-30-25/h1-14H,15-16,27H2,(H,29,30)(H,31,33)/p+2. The molecule has 0 aliphatic heterocycles. The highest BCUT2D eigenvalue weighted by Gasteiger charge is 2.20. The van der Waals surface area contributed by atoms with Crippen LogP contribution in [0.1, 0.15) is 21.9 Å². The largest absolute Gasteiger partial charge is 0.354 e. The van der Waals surface area contributed by atoms with Gasteiger partial charge in [0.2, 0.25) is 11.2 Å². The predicted octanol–water partition coefficient (Wildman–Crippen LogP) is 2.78. The number of hydrogen-bond donors (Lipinski definition) is 3. The number of H-pyrrole nitrogens is 2. The van der Waals surface area contributed by atoms with Crippen molar-refractivity contribution in [3.8, 4) is 22.4 Å². The van der Waals surface area contributed by atoms with E-state index in [0.717, 1.165) is 45.5 Å². The molecule has 3 aromatic heterocycles. The van der Waals surface area contributed by atoms with Crippen LogP contribution in [0.25, 0.3) is 33.3 Å². The molecule has 0 saturated heterocycles. The van der Waals surface area contributed by atoms with Gasteiger partial charge in [-0.05, 0) is 23.8 Å². The predicted molar refractivity (Wildman–Crippen MR) is 126 cm³/mol. The lowest BCUT2D eigenvalue weighted by Crippen LogP contribution is -2.47. The maximum absolute atomic E-state index is 12.4. The highest BCUT2D eigenvalue weighted by molar-refractivity contribution is 5.91. The summed E-state index contributed by atoms with van der Waals surface area (Å²) in [7, 11) is 0. The number of rotatable bonds is 6.